The third kappa shape index (κ3) is 3.65. The van der Waals surface area contributed by atoms with Crippen LogP contribution in [0.2, 0.25) is 0 Å². The van der Waals surface area contributed by atoms with Gasteiger partial charge in [0.15, 0.2) is 11.5 Å². The first-order valence-corrected chi connectivity index (χ1v) is 9.63. The summed E-state index contributed by atoms with van der Waals surface area (Å²) < 4.78 is 2.95. The maximum Gasteiger partial charge on any atom is 0.346 e. The Morgan fingerprint density at radius 2 is 1.33 bits per heavy atom. The lowest BCUT2D eigenvalue weighted by Gasteiger charge is -2.24. The molecule has 4 aromatic heterocycles. The molecule has 0 aliphatic rings. The van der Waals surface area contributed by atoms with Crippen molar-refractivity contribution in [2.24, 2.45) is 0 Å². The van der Waals surface area contributed by atoms with Crippen molar-refractivity contribution in [3.63, 3.8) is 0 Å². The molecule has 0 spiro atoms. The Balaban J connectivity index is 1.78. The molecular weight excluding hydrogens is 416 g/mol. The van der Waals surface area contributed by atoms with Gasteiger partial charge in [-0.05, 0) is 38.1 Å². The van der Waals surface area contributed by atoms with Crippen LogP contribution in [-0.2, 0) is 5.41 Å². The molecule has 0 amide bonds. The largest absolute Gasteiger partial charge is 0.396 e. The van der Waals surface area contributed by atoms with Gasteiger partial charge in [-0.25, -0.2) is 19.5 Å². The zero-order valence-electron chi connectivity index (χ0n) is 17.6. The van der Waals surface area contributed by atoms with E-state index < -0.39 is 5.41 Å². The Hall–Kier alpha value is -5.32. The van der Waals surface area contributed by atoms with Crippen LogP contribution in [0.25, 0.3) is 16.5 Å². The Morgan fingerprint density at radius 3 is 1.88 bits per heavy atom. The van der Waals surface area contributed by atoms with Gasteiger partial charge in [-0.1, -0.05) is 12.1 Å². The van der Waals surface area contributed by atoms with Gasteiger partial charge in [0, 0.05) is 11.6 Å². The van der Waals surface area contributed by atoms with E-state index in [1.165, 1.54) is 21.5 Å². The van der Waals surface area contributed by atoms with Crippen molar-refractivity contribution in [1.29, 1.82) is 15.8 Å². The van der Waals surface area contributed by atoms with Gasteiger partial charge in [0.05, 0.1) is 11.4 Å². The molecule has 0 bridgehead atoms. The maximum absolute atomic E-state index is 9.37. The third-order valence-electron chi connectivity index (χ3n) is 5.07. The molecule has 0 aromatic carbocycles. The van der Waals surface area contributed by atoms with Gasteiger partial charge in [0.25, 0.3) is 0 Å². The predicted molar refractivity (Wildman–Crippen MR) is 115 cm³/mol. The summed E-state index contributed by atoms with van der Waals surface area (Å²) in [6.45, 7) is 11.2. The van der Waals surface area contributed by atoms with E-state index in [0.717, 1.165) is 0 Å². The molecule has 0 saturated carbocycles. The lowest BCUT2D eigenvalue weighted by atomic mass is 9.84. The molecule has 0 saturated heterocycles. The van der Waals surface area contributed by atoms with E-state index in [1.807, 2.05) is 56.3 Å². The quantitative estimate of drug-likeness (QED) is 0.453. The fourth-order valence-electron chi connectivity index (χ4n) is 3.30. The zero-order valence-corrected chi connectivity index (χ0v) is 17.6. The zero-order chi connectivity index (χ0) is 23.6. The van der Waals surface area contributed by atoms with E-state index in [-0.39, 0.29) is 23.2 Å². The van der Waals surface area contributed by atoms with Gasteiger partial charge in [0.1, 0.15) is 30.2 Å². The molecule has 0 N–H and O–H groups in total. The number of hydrogen-bond acceptors (Lipinski definition) is 7. The molecule has 33 heavy (non-hydrogen) atoms. The fourth-order valence-corrected chi connectivity index (χ4v) is 3.30. The molecule has 4 rings (SSSR count). The first-order chi connectivity index (χ1) is 15.9. The summed E-state index contributed by atoms with van der Waals surface area (Å²) in [6.07, 6.45) is 2.94. The summed E-state index contributed by atoms with van der Waals surface area (Å²) in [5, 5.41) is 27.6. The van der Waals surface area contributed by atoms with Crippen molar-refractivity contribution in [2.75, 3.05) is 0 Å². The number of imidazole rings is 2. The van der Waals surface area contributed by atoms with Crippen LogP contribution >= 0.6 is 0 Å². The monoisotopic (exact) mass is 430 g/mol. The van der Waals surface area contributed by atoms with Crippen molar-refractivity contribution in [3.8, 4) is 29.8 Å². The van der Waals surface area contributed by atoms with Crippen LogP contribution in [0, 0.1) is 40.6 Å². The minimum Gasteiger partial charge on any atom is -0.396 e. The standard InChI is InChI=1S/C23H14N10/c1-23(2,17-6-4-8-19(30-17)32-13-15(10-24)28-21(32)12-26)18-7-5-9-20(31-18)33-14-16(11-25)29-22(33)27-3/h4-9,13-14H,1-2H3. The Kier molecular flexibility index (Phi) is 5.12. The van der Waals surface area contributed by atoms with Crippen LogP contribution in [0.5, 0.6) is 0 Å². The van der Waals surface area contributed by atoms with E-state index in [0.29, 0.717) is 23.0 Å². The van der Waals surface area contributed by atoms with E-state index >= 15 is 0 Å². The normalized spacial score (nSPS) is 10.6. The molecular formula is C23H14N10. The van der Waals surface area contributed by atoms with E-state index in [9.17, 15) is 5.26 Å². The van der Waals surface area contributed by atoms with Crippen LogP contribution in [0.4, 0.5) is 5.95 Å². The minimum absolute atomic E-state index is 0.0477. The average Bonchev–Trinajstić information content (AvgIpc) is 3.48. The maximum atomic E-state index is 9.37. The van der Waals surface area contributed by atoms with Gasteiger partial charge < -0.3 is 4.85 Å². The predicted octanol–water partition coefficient (Wildman–Crippen LogP) is 3.34. The second kappa shape index (κ2) is 8.07. The summed E-state index contributed by atoms with van der Waals surface area (Å²) >= 11 is 0. The lowest BCUT2D eigenvalue weighted by molar-refractivity contribution is 0.591. The molecule has 4 heterocycles. The van der Waals surface area contributed by atoms with Crippen molar-refractivity contribution in [2.45, 2.75) is 19.3 Å². The summed E-state index contributed by atoms with van der Waals surface area (Å²) in [4.78, 5) is 20.8. The molecule has 0 radical (unpaired) electrons. The molecule has 0 atom stereocenters. The number of aromatic nitrogens is 6. The SMILES string of the molecule is [C-]#[N+]c1nc(C#N)cn1-c1cccc(C(C)(C)c2cccc(-n3cc(C#N)nc3C#N)n2)n1. The average molecular weight is 430 g/mol. The number of hydrogen-bond donors (Lipinski definition) is 0. The molecule has 0 aliphatic carbocycles. The first-order valence-electron chi connectivity index (χ1n) is 9.63. The topological polar surface area (TPSA) is 137 Å². The van der Waals surface area contributed by atoms with E-state index in [1.54, 1.807) is 12.1 Å². The summed E-state index contributed by atoms with van der Waals surface area (Å²) in [7, 11) is 0. The first kappa shape index (κ1) is 20.9. The fraction of sp³-hybridized carbons (Fsp3) is 0.130. The molecule has 0 unspecified atom stereocenters. The molecule has 0 fully saturated rings. The lowest BCUT2D eigenvalue weighted by Crippen LogP contribution is -2.23. The van der Waals surface area contributed by atoms with Crippen LogP contribution in [0.1, 0.15) is 42.4 Å². The van der Waals surface area contributed by atoms with Gasteiger partial charge in [0.2, 0.25) is 11.5 Å². The number of rotatable bonds is 4. The molecule has 10 nitrogen and oxygen atoms in total. The van der Waals surface area contributed by atoms with Crippen LogP contribution in [-0.4, -0.2) is 29.1 Å². The number of nitrogens with zero attached hydrogens (tertiary/aromatic N) is 10. The van der Waals surface area contributed by atoms with E-state index in [4.69, 9.17) is 27.1 Å². The molecule has 156 valence electrons. The summed E-state index contributed by atoms with van der Waals surface area (Å²) in [5.74, 6) is 1.02. The Labute approximate surface area is 189 Å². The van der Waals surface area contributed by atoms with Crippen LogP contribution < -0.4 is 0 Å². The highest BCUT2D eigenvalue weighted by Crippen LogP contribution is 2.30. The van der Waals surface area contributed by atoms with Crippen molar-refractivity contribution in [3.05, 3.63) is 88.8 Å². The molecule has 10 heteroatoms. The van der Waals surface area contributed by atoms with Crippen LogP contribution in [0.15, 0.2) is 48.8 Å². The van der Waals surface area contributed by atoms with Crippen molar-refractivity contribution < 1.29 is 0 Å². The minimum atomic E-state index is -0.658. The van der Waals surface area contributed by atoms with Crippen molar-refractivity contribution in [1.82, 2.24) is 29.1 Å². The third-order valence-corrected chi connectivity index (χ3v) is 5.07. The summed E-state index contributed by atoms with van der Waals surface area (Å²) in [5.41, 5.74) is 0.951. The smallest absolute Gasteiger partial charge is 0.346 e. The Morgan fingerprint density at radius 1 is 0.788 bits per heavy atom. The summed E-state index contributed by atoms with van der Waals surface area (Å²) in [6, 6.07) is 16.6. The number of pyridine rings is 2. The highest BCUT2D eigenvalue weighted by Gasteiger charge is 2.28. The number of nitriles is 3. The highest BCUT2D eigenvalue weighted by molar-refractivity contribution is 5.44. The van der Waals surface area contributed by atoms with Crippen molar-refractivity contribution >= 4 is 5.95 Å². The van der Waals surface area contributed by atoms with Gasteiger partial charge in [-0.2, -0.15) is 15.8 Å². The molecule has 0 aliphatic heterocycles. The van der Waals surface area contributed by atoms with Gasteiger partial charge >= 0.3 is 5.95 Å². The Bertz CT molecular complexity index is 1430. The second-order valence-electron chi connectivity index (χ2n) is 7.45. The van der Waals surface area contributed by atoms with E-state index in [2.05, 4.69) is 14.8 Å². The van der Waals surface area contributed by atoms with Gasteiger partial charge in [-0.15, -0.1) is 11.6 Å². The second-order valence-corrected chi connectivity index (χ2v) is 7.45. The van der Waals surface area contributed by atoms with Gasteiger partial charge in [-0.3, -0.25) is 4.57 Å². The molecule has 4 aromatic rings. The van der Waals surface area contributed by atoms with Crippen LogP contribution in [0.3, 0.4) is 0 Å². The highest BCUT2D eigenvalue weighted by atomic mass is 15.2.